The molecule has 5 heteroatoms. The lowest BCUT2D eigenvalue weighted by atomic mass is 9.86. The van der Waals surface area contributed by atoms with E-state index in [-0.39, 0.29) is 18.1 Å². The number of benzene rings is 1. The van der Waals surface area contributed by atoms with Gasteiger partial charge in [0, 0.05) is 12.1 Å². The van der Waals surface area contributed by atoms with E-state index >= 15 is 0 Å². The van der Waals surface area contributed by atoms with Crippen molar-refractivity contribution in [2.24, 2.45) is 17.8 Å². The Morgan fingerprint density at radius 2 is 1.97 bits per heavy atom. The van der Waals surface area contributed by atoms with Gasteiger partial charge in [-0.3, -0.25) is 4.79 Å². The predicted octanol–water partition coefficient (Wildman–Crippen LogP) is 7.62. The Balaban J connectivity index is 1.77. The second-order valence-electron chi connectivity index (χ2n) is 9.99. The van der Waals surface area contributed by atoms with Gasteiger partial charge < -0.3 is 10.1 Å². The highest BCUT2D eigenvalue weighted by Gasteiger charge is 2.23. The van der Waals surface area contributed by atoms with Gasteiger partial charge in [-0.15, -0.1) is 0 Å². The van der Waals surface area contributed by atoms with Gasteiger partial charge in [0.05, 0.1) is 16.7 Å². The number of nitrogens with one attached hydrogen (secondary N) is 1. The summed E-state index contributed by atoms with van der Waals surface area (Å²) in [6, 6.07) is 7.40. The lowest BCUT2D eigenvalue weighted by Gasteiger charge is -2.29. The normalized spacial score (nSPS) is 20.0. The molecule has 0 bridgehead atoms. The van der Waals surface area contributed by atoms with Crippen molar-refractivity contribution in [3.8, 4) is 11.8 Å². The van der Waals surface area contributed by atoms with Gasteiger partial charge in [-0.1, -0.05) is 63.9 Å². The number of nitriles is 1. The predicted molar refractivity (Wildman–Crippen MR) is 141 cm³/mol. The maximum Gasteiger partial charge on any atom is 0.243 e. The number of nitrogens with zero attached hydrogens (tertiary/aromatic N) is 1. The molecule has 4 nitrogen and oxygen atoms in total. The molecular formula is C29H41ClN2O2. The number of amides is 1. The van der Waals surface area contributed by atoms with Gasteiger partial charge >= 0.3 is 0 Å². The molecule has 0 spiro atoms. The largest absolute Gasteiger partial charge is 0.490 e. The number of halogens is 1. The molecule has 0 radical (unpaired) electrons. The topological polar surface area (TPSA) is 62.1 Å². The maximum atomic E-state index is 12.5. The third-order valence-electron chi connectivity index (χ3n) is 7.04. The maximum absolute atomic E-state index is 12.5. The fourth-order valence-corrected chi connectivity index (χ4v) is 4.64. The van der Waals surface area contributed by atoms with Crippen LogP contribution in [0.4, 0.5) is 0 Å². The third kappa shape index (κ3) is 9.18. The van der Waals surface area contributed by atoms with E-state index in [4.69, 9.17) is 21.6 Å². The summed E-state index contributed by atoms with van der Waals surface area (Å²) in [5.41, 5.74) is 1.76. The zero-order valence-electron chi connectivity index (χ0n) is 21.3. The quantitative estimate of drug-likeness (QED) is 0.245. The molecule has 186 valence electrons. The molecule has 1 aromatic carbocycles. The fourth-order valence-electron chi connectivity index (χ4n) is 4.43. The van der Waals surface area contributed by atoms with Crippen molar-refractivity contribution < 1.29 is 9.53 Å². The average molecular weight is 485 g/mol. The van der Waals surface area contributed by atoms with Crippen LogP contribution in [0.3, 0.4) is 0 Å². The highest BCUT2D eigenvalue weighted by molar-refractivity contribution is 6.31. The minimum absolute atomic E-state index is 0.00118. The standard InChI is InChI=1S/C29H41ClN2O2/c1-6-7-23(9-8-21(4)22(5)20(2)3)10-17-29(33)32-25-12-15-26(16-13-25)34-27-14-11-24(19-31)28(30)18-27/h10-11,14,17-18,20,22-23,25-26H,4,6-9,12-13,15-16H2,1-3,5H3,(H,32,33)/b17-10+. The first kappa shape index (κ1) is 28.0. The van der Waals surface area contributed by atoms with Crippen LogP contribution in [0, 0.1) is 29.1 Å². The molecule has 1 aliphatic carbocycles. The Morgan fingerprint density at radius 3 is 2.56 bits per heavy atom. The first-order chi connectivity index (χ1) is 16.2. The highest BCUT2D eigenvalue weighted by Crippen LogP contribution is 2.28. The Kier molecular flexibility index (Phi) is 11.7. The first-order valence-corrected chi connectivity index (χ1v) is 13.1. The van der Waals surface area contributed by atoms with Crippen molar-refractivity contribution in [2.45, 2.75) is 91.2 Å². The Morgan fingerprint density at radius 1 is 1.26 bits per heavy atom. The lowest BCUT2D eigenvalue weighted by Crippen LogP contribution is -2.39. The molecule has 2 atom stereocenters. The number of hydrogen-bond acceptors (Lipinski definition) is 3. The summed E-state index contributed by atoms with van der Waals surface area (Å²) >= 11 is 6.10. The first-order valence-electron chi connectivity index (χ1n) is 12.8. The SMILES string of the molecule is C=C(CCC(/C=C/C(=O)NC1CCC(Oc2ccc(C#N)c(Cl)c2)CC1)CCC)C(C)C(C)C. The number of carbonyl (C=O) groups excluding carboxylic acids is 1. The average Bonchev–Trinajstić information content (AvgIpc) is 2.81. The Bertz CT molecular complexity index is 879. The molecule has 0 aromatic heterocycles. The summed E-state index contributed by atoms with van der Waals surface area (Å²) in [7, 11) is 0. The number of carbonyl (C=O) groups is 1. The number of ether oxygens (including phenoxy) is 1. The van der Waals surface area contributed by atoms with Crippen LogP contribution in [0.2, 0.25) is 5.02 Å². The fraction of sp³-hybridized carbons (Fsp3) is 0.586. The molecule has 1 aromatic rings. The third-order valence-corrected chi connectivity index (χ3v) is 7.36. The molecule has 0 heterocycles. The number of rotatable bonds is 12. The van der Waals surface area contributed by atoms with Gasteiger partial charge in [-0.2, -0.15) is 5.26 Å². The van der Waals surface area contributed by atoms with Gasteiger partial charge in [0.1, 0.15) is 11.8 Å². The van der Waals surface area contributed by atoms with Crippen molar-refractivity contribution in [2.75, 3.05) is 0 Å². The van der Waals surface area contributed by atoms with E-state index in [1.54, 1.807) is 24.3 Å². The van der Waals surface area contributed by atoms with E-state index in [0.29, 0.717) is 34.1 Å². The molecule has 34 heavy (non-hydrogen) atoms. The van der Waals surface area contributed by atoms with Crippen molar-refractivity contribution in [1.29, 1.82) is 5.26 Å². The van der Waals surface area contributed by atoms with Crippen LogP contribution in [0.25, 0.3) is 0 Å². The Hall–Kier alpha value is -2.25. The summed E-state index contributed by atoms with van der Waals surface area (Å²) < 4.78 is 6.04. The minimum Gasteiger partial charge on any atom is -0.490 e. The molecule has 2 unspecified atom stereocenters. The minimum atomic E-state index is -0.00118. The van der Waals surface area contributed by atoms with Gasteiger partial charge in [-0.05, 0) is 80.9 Å². The molecular weight excluding hydrogens is 444 g/mol. The second-order valence-corrected chi connectivity index (χ2v) is 10.4. The van der Waals surface area contributed by atoms with E-state index in [0.717, 1.165) is 51.4 Å². The monoisotopic (exact) mass is 484 g/mol. The van der Waals surface area contributed by atoms with Crippen molar-refractivity contribution in [1.82, 2.24) is 5.32 Å². The number of allylic oxidation sites excluding steroid dienone is 2. The van der Waals surface area contributed by atoms with Crippen LogP contribution in [0.1, 0.15) is 84.6 Å². The van der Waals surface area contributed by atoms with Crippen LogP contribution in [-0.4, -0.2) is 18.1 Å². The van der Waals surface area contributed by atoms with E-state index in [1.807, 2.05) is 0 Å². The van der Waals surface area contributed by atoms with Crippen molar-refractivity contribution >= 4 is 17.5 Å². The van der Waals surface area contributed by atoms with Gasteiger partial charge in [-0.25, -0.2) is 0 Å². The summed E-state index contributed by atoms with van der Waals surface area (Å²) in [5, 5.41) is 12.6. The van der Waals surface area contributed by atoms with E-state index < -0.39 is 0 Å². The molecule has 0 saturated heterocycles. The van der Waals surface area contributed by atoms with Gasteiger partial charge in [0.15, 0.2) is 0 Å². The van der Waals surface area contributed by atoms with Crippen LogP contribution >= 0.6 is 11.6 Å². The molecule has 1 fully saturated rings. The van der Waals surface area contributed by atoms with Crippen LogP contribution in [0.15, 0.2) is 42.5 Å². The summed E-state index contributed by atoms with van der Waals surface area (Å²) in [4.78, 5) is 12.5. The second kappa shape index (κ2) is 14.2. The smallest absolute Gasteiger partial charge is 0.243 e. The zero-order chi connectivity index (χ0) is 25.1. The summed E-state index contributed by atoms with van der Waals surface area (Å²) in [5.74, 6) is 2.24. The van der Waals surface area contributed by atoms with Crippen LogP contribution < -0.4 is 10.1 Å². The van der Waals surface area contributed by atoms with Crippen molar-refractivity contribution in [3.63, 3.8) is 0 Å². The number of hydrogen-bond donors (Lipinski definition) is 1. The van der Waals surface area contributed by atoms with E-state index in [1.165, 1.54) is 5.57 Å². The highest BCUT2D eigenvalue weighted by atomic mass is 35.5. The van der Waals surface area contributed by atoms with Gasteiger partial charge in [0.2, 0.25) is 5.91 Å². The molecule has 1 N–H and O–H groups in total. The molecule has 1 amide bonds. The molecule has 2 rings (SSSR count). The van der Waals surface area contributed by atoms with E-state index in [2.05, 4.69) is 51.7 Å². The van der Waals surface area contributed by atoms with E-state index in [9.17, 15) is 4.79 Å². The zero-order valence-corrected chi connectivity index (χ0v) is 22.0. The van der Waals surface area contributed by atoms with Crippen LogP contribution in [-0.2, 0) is 4.79 Å². The summed E-state index contributed by atoms with van der Waals surface area (Å²) in [6.45, 7) is 13.2. The molecule has 0 aliphatic heterocycles. The molecule has 1 aliphatic rings. The summed E-state index contributed by atoms with van der Waals surface area (Å²) in [6.07, 6.45) is 11.7. The molecule has 1 saturated carbocycles. The van der Waals surface area contributed by atoms with Crippen LogP contribution in [0.5, 0.6) is 5.75 Å². The van der Waals surface area contributed by atoms with Crippen molar-refractivity contribution in [3.05, 3.63) is 53.1 Å². The van der Waals surface area contributed by atoms with Gasteiger partial charge in [0.25, 0.3) is 0 Å². The Labute approximate surface area is 211 Å². The lowest BCUT2D eigenvalue weighted by molar-refractivity contribution is -0.117.